The molecule has 2 rings (SSSR count). The van der Waals surface area contributed by atoms with Crippen molar-refractivity contribution in [2.24, 2.45) is 0 Å². The zero-order valence-electron chi connectivity index (χ0n) is 12.5. The van der Waals surface area contributed by atoms with Crippen molar-refractivity contribution < 1.29 is 4.74 Å². The first-order valence-corrected chi connectivity index (χ1v) is 7.11. The Balaban J connectivity index is 1.76. The van der Waals surface area contributed by atoms with Crippen LogP contribution in [0, 0.1) is 0 Å². The SMILES string of the molecule is CC(C)(C)OCCCCn1cnc(-c2cccnc2)c1. The summed E-state index contributed by atoms with van der Waals surface area (Å²) >= 11 is 0. The molecule has 0 aliphatic heterocycles. The number of unbranched alkanes of at least 4 members (excludes halogenated alkanes) is 1. The number of pyridine rings is 1. The van der Waals surface area contributed by atoms with Crippen LogP contribution in [0.3, 0.4) is 0 Å². The third-order valence-electron chi connectivity index (χ3n) is 2.94. The van der Waals surface area contributed by atoms with E-state index in [4.69, 9.17) is 4.74 Å². The molecule has 0 aliphatic rings. The summed E-state index contributed by atoms with van der Waals surface area (Å²) in [6.07, 6.45) is 9.73. The van der Waals surface area contributed by atoms with Gasteiger partial charge in [-0.25, -0.2) is 4.98 Å². The predicted octanol–water partition coefficient (Wildman–Crippen LogP) is 3.54. The van der Waals surface area contributed by atoms with Crippen molar-refractivity contribution in [3.05, 3.63) is 37.1 Å². The molecule has 20 heavy (non-hydrogen) atoms. The number of aromatic nitrogens is 3. The number of imidazole rings is 1. The van der Waals surface area contributed by atoms with Gasteiger partial charge in [-0.05, 0) is 45.7 Å². The van der Waals surface area contributed by atoms with E-state index in [2.05, 4.69) is 41.5 Å². The molecule has 0 spiro atoms. The second-order valence-electron chi connectivity index (χ2n) is 5.91. The minimum Gasteiger partial charge on any atom is -0.376 e. The second-order valence-corrected chi connectivity index (χ2v) is 5.91. The lowest BCUT2D eigenvalue weighted by Gasteiger charge is -2.19. The maximum atomic E-state index is 5.71. The van der Waals surface area contributed by atoms with Gasteiger partial charge < -0.3 is 9.30 Å². The van der Waals surface area contributed by atoms with Crippen molar-refractivity contribution in [3.63, 3.8) is 0 Å². The fourth-order valence-electron chi connectivity index (χ4n) is 1.92. The Kier molecular flexibility index (Phi) is 4.90. The number of hydrogen-bond acceptors (Lipinski definition) is 3. The Morgan fingerprint density at radius 2 is 2.10 bits per heavy atom. The first-order chi connectivity index (χ1) is 9.54. The highest BCUT2D eigenvalue weighted by Gasteiger charge is 2.08. The van der Waals surface area contributed by atoms with E-state index in [0.29, 0.717) is 0 Å². The highest BCUT2D eigenvalue weighted by molar-refractivity contribution is 5.56. The highest BCUT2D eigenvalue weighted by Crippen LogP contribution is 2.15. The van der Waals surface area contributed by atoms with Gasteiger partial charge in [0.2, 0.25) is 0 Å². The van der Waals surface area contributed by atoms with Gasteiger partial charge >= 0.3 is 0 Å². The maximum absolute atomic E-state index is 5.71. The van der Waals surface area contributed by atoms with E-state index in [9.17, 15) is 0 Å². The summed E-state index contributed by atoms with van der Waals surface area (Å²) in [7, 11) is 0. The Hall–Kier alpha value is -1.68. The summed E-state index contributed by atoms with van der Waals surface area (Å²) in [5, 5.41) is 0. The van der Waals surface area contributed by atoms with E-state index in [0.717, 1.165) is 37.3 Å². The monoisotopic (exact) mass is 273 g/mol. The molecular weight excluding hydrogens is 250 g/mol. The Labute approximate surface area is 120 Å². The third kappa shape index (κ3) is 4.78. The van der Waals surface area contributed by atoms with E-state index in [1.54, 1.807) is 6.20 Å². The first kappa shape index (κ1) is 14.7. The van der Waals surface area contributed by atoms with Crippen molar-refractivity contribution in [1.82, 2.24) is 14.5 Å². The molecule has 0 N–H and O–H groups in total. The van der Waals surface area contributed by atoms with Crippen LogP contribution >= 0.6 is 0 Å². The molecule has 0 radical (unpaired) electrons. The molecule has 2 heterocycles. The van der Waals surface area contributed by atoms with Gasteiger partial charge in [-0.3, -0.25) is 4.98 Å². The summed E-state index contributed by atoms with van der Waals surface area (Å²) in [6, 6.07) is 3.95. The van der Waals surface area contributed by atoms with Gasteiger partial charge in [0, 0.05) is 37.3 Å². The number of hydrogen-bond donors (Lipinski definition) is 0. The number of aryl methyl sites for hydroxylation is 1. The third-order valence-corrected chi connectivity index (χ3v) is 2.94. The van der Waals surface area contributed by atoms with Crippen LogP contribution in [-0.4, -0.2) is 26.7 Å². The summed E-state index contributed by atoms with van der Waals surface area (Å²) in [4.78, 5) is 8.53. The maximum Gasteiger partial charge on any atom is 0.0953 e. The lowest BCUT2D eigenvalue weighted by atomic mass is 10.2. The van der Waals surface area contributed by atoms with Crippen LogP contribution in [0.2, 0.25) is 0 Å². The highest BCUT2D eigenvalue weighted by atomic mass is 16.5. The molecule has 0 saturated heterocycles. The van der Waals surface area contributed by atoms with Crippen LogP contribution in [0.25, 0.3) is 11.3 Å². The van der Waals surface area contributed by atoms with Gasteiger partial charge in [0.1, 0.15) is 0 Å². The normalized spacial score (nSPS) is 11.8. The molecule has 0 atom stereocenters. The molecule has 0 fully saturated rings. The lowest BCUT2D eigenvalue weighted by molar-refractivity contribution is -0.00487. The fourth-order valence-corrected chi connectivity index (χ4v) is 1.92. The van der Waals surface area contributed by atoms with Crippen LogP contribution < -0.4 is 0 Å². The summed E-state index contributed by atoms with van der Waals surface area (Å²) in [5.41, 5.74) is 1.99. The molecule has 4 nitrogen and oxygen atoms in total. The number of ether oxygens (including phenoxy) is 1. The van der Waals surface area contributed by atoms with Crippen LogP contribution in [0.4, 0.5) is 0 Å². The molecule has 0 aliphatic carbocycles. The number of nitrogens with zero attached hydrogens (tertiary/aromatic N) is 3. The molecule has 0 amide bonds. The van der Waals surface area contributed by atoms with Crippen molar-refractivity contribution in [2.45, 2.75) is 45.8 Å². The molecule has 2 aromatic heterocycles. The van der Waals surface area contributed by atoms with E-state index in [-0.39, 0.29) is 5.60 Å². The largest absolute Gasteiger partial charge is 0.376 e. The van der Waals surface area contributed by atoms with E-state index < -0.39 is 0 Å². The smallest absolute Gasteiger partial charge is 0.0953 e. The van der Waals surface area contributed by atoms with Gasteiger partial charge in [0.15, 0.2) is 0 Å². The summed E-state index contributed by atoms with van der Waals surface area (Å²) in [6.45, 7) is 8.05. The topological polar surface area (TPSA) is 39.9 Å². The standard InChI is InChI=1S/C16H23N3O/c1-16(2,3)20-10-5-4-9-19-12-15(18-13-19)14-7-6-8-17-11-14/h6-8,11-13H,4-5,9-10H2,1-3H3. The minimum atomic E-state index is -0.0392. The zero-order valence-corrected chi connectivity index (χ0v) is 12.5. The van der Waals surface area contributed by atoms with Gasteiger partial charge in [0.25, 0.3) is 0 Å². The molecular formula is C16H23N3O. The van der Waals surface area contributed by atoms with Gasteiger partial charge in [-0.15, -0.1) is 0 Å². The van der Waals surface area contributed by atoms with E-state index in [1.807, 2.05) is 24.7 Å². The van der Waals surface area contributed by atoms with Gasteiger partial charge in [-0.2, -0.15) is 0 Å². The van der Waals surface area contributed by atoms with Crippen LogP contribution in [0.1, 0.15) is 33.6 Å². The Morgan fingerprint density at radius 1 is 1.25 bits per heavy atom. The average Bonchev–Trinajstić information content (AvgIpc) is 2.87. The summed E-state index contributed by atoms with van der Waals surface area (Å²) in [5.74, 6) is 0. The Morgan fingerprint density at radius 3 is 2.80 bits per heavy atom. The van der Waals surface area contributed by atoms with Gasteiger partial charge in [-0.1, -0.05) is 0 Å². The molecule has 0 unspecified atom stereocenters. The van der Waals surface area contributed by atoms with Crippen molar-refractivity contribution in [1.29, 1.82) is 0 Å². The molecule has 0 saturated carbocycles. The van der Waals surface area contributed by atoms with Crippen molar-refractivity contribution >= 4 is 0 Å². The zero-order chi connectivity index (χ0) is 14.4. The van der Waals surface area contributed by atoms with E-state index >= 15 is 0 Å². The van der Waals surface area contributed by atoms with E-state index in [1.165, 1.54) is 0 Å². The van der Waals surface area contributed by atoms with Crippen molar-refractivity contribution in [3.8, 4) is 11.3 Å². The molecule has 0 aromatic carbocycles. The number of rotatable bonds is 6. The molecule has 0 bridgehead atoms. The first-order valence-electron chi connectivity index (χ1n) is 7.11. The predicted molar refractivity (Wildman–Crippen MR) is 80.4 cm³/mol. The fraction of sp³-hybridized carbons (Fsp3) is 0.500. The molecule has 2 aromatic rings. The lowest BCUT2D eigenvalue weighted by Crippen LogP contribution is -2.19. The summed E-state index contributed by atoms with van der Waals surface area (Å²) < 4.78 is 7.83. The van der Waals surface area contributed by atoms with Crippen LogP contribution in [0.5, 0.6) is 0 Å². The van der Waals surface area contributed by atoms with Crippen LogP contribution in [-0.2, 0) is 11.3 Å². The second kappa shape index (κ2) is 6.66. The van der Waals surface area contributed by atoms with Crippen LogP contribution in [0.15, 0.2) is 37.1 Å². The molecule has 108 valence electrons. The quantitative estimate of drug-likeness (QED) is 0.756. The average molecular weight is 273 g/mol. The molecule has 4 heteroatoms. The minimum absolute atomic E-state index is 0.0392. The van der Waals surface area contributed by atoms with Gasteiger partial charge in [0.05, 0.1) is 17.6 Å². The Bertz CT molecular complexity index is 514. The van der Waals surface area contributed by atoms with Crippen molar-refractivity contribution in [2.75, 3.05) is 6.61 Å².